The lowest BCUT2D eigenvalue weighted by Crippen LogP contribution is -2.25. The Kier molecular flexibility index (Phi) is 3.99. The molecule has 1 unspecified atom stereocenters. The zero-order valence-corrected chi connectivity index (χ0v) is 14.6. The largest absolute Gasteiger partial charge is 0.448 e. The van der Waals surface area contributed by atoms with Gasteiger partial charge in [-0.1, -0.05) is 12.1 Å². The lowest BCUT2D eigenvalue weighted by molar-refractivity contribution is 0.0307. The smallest absolute Gasteiger partial charge is 0.379 e. The molecule has 1 aliphatic rings. The maximum Gasteiger partial charge on any atom is 0.379 e. The molecule has 2 heterocycles. The first-order chi connectivity index (χ1) is 12.5. The Bertz CT molecular complexity index is 1020. The topological polar surface area (TPSA) is 86.5 Å². The van der Waals surface area contributed by atoms with Gasteiger partial charge in [0.1, 0.15) is 0 Å². The Balaban J connectivity index is 1.51. The van der Waals surface area contributed by atoms with E-state index in [1.165, 1.54) is 15.6 Å². The molecule has 4 rings (SSSR count). The van der Waals surface area contributed by atoms with Gasteiger partial charge in [0.25, 0.3) is 11.6 Å². The molecule has 2 aromatic heterocycles. The van der Waals surface area contributed by atoms with Crippen molar-refractivity contribution < 1.29 is 14.3 Å². The number of ether oxygens (including phenoxy) is 1. The van der Waals surface area contributed by atoms with Crippen molar-refractivity contribution in [2.75, 3.05) is 0 Å². The molecule has 0 radical (unpaired) electrons. The molecule has 132 valence electrons. The van der Waals surface area contributed by atoms with E-state index < -0.39 is 12.1 Å². The third-order valence-electron chi connectivity index (χ3n) is 4.65. The summed E-state index contributed by atoms with van der Waals surface area (Å²) in [5, 5.41) is 4.10. The molecule has 0 saturated carbocycles. The average molecular weight is 350 g/mol. The van der Waals surface area contributed by atoms with Crippen LogP contribution in [0.1, 0.15) is 51.1 Å². The molecule has 0 saturated heterocycles. The molecule has 0 amide bonds. The number of benzene rings is 1. The molecule has 0 bridgehead atoms. The highest BCUT2D eigenvalue weighted by molar-refractivity contribution is 6.01. The number of aromatic nitrogens is 4. The van der Waals surface area contributed by atoms with E-state index in [0.717, 1.165) is 25.0 Å². The molecule has 0 fully saturated rings. The van der Waals surface area contributed by atoms with Gasteiger partial charge in [-0.3, -0.25) is 4.79 Å². The van der Waals surface area contributed by atoms with E-state index in [-0.39, 0.29) is 11.6 Å². The summed E-state index contributed by atoms with van der Waals surface area (Å²) in [7, 11) is 0. The quantitative estimate of drug-likeness (QED) is 0.530. The Morgan fingerprint density at radius 1 is 1.19 bits per heavy atom. The van der Waals surface area contributed by atoms with E-state index in [9.17, 15) is 9.59 Å². The molecule has 1 aliphatic carbocycles. The fourth-order valence-corrected chi connectivity index (χ4v) is 3.22. The third-order valence-corrected chi connectivity index (χ3v) is 4.65. The predicted octanol–water partition coefficient (Wildman–Crippen LogP) is 2.35. The van der Waals surface area contributed by atoms with Gasteiger partial charge in [-0.15, -0.1) is 5.10 Å². The van der Waals surface area contributed by atoms with E-state index >= 15 is 0 Å². The zero-order valence-electron chi connectivity index (χ0n) is 14.6. The van der Waals surface area contributed by atoms with Crippen LogP contribution in [0.2, 0.25) is 0 Å². The monoisotopic (exact) mass is 350 g/mol. The van der Waals surface area contributed by atoms with Crippen LogP contribution in [0, 0.1) is 6.92 Å². The maximum absolute atomic E-state index is 12.6. The Morgan fingerprint density at radius 2 is 2.00 bits per heavy atom. The number of nitrogens with zero attached hydrogens (tertiary/aromatic N) is 4. The minimum Gasteiger partial charge on any atom is -0.448 e. The standard InChI is InChI=1S/C19H18N4O3/c1-11-8-9-20-19-21-17(22-23(11)19)18(25)26-12(2)16(24)15-7-6-13-4-3-5-14(13)10-15/h6-10,12H,3-5H2,1-2H3. The van der Waals surface area contributed by atoms with Crippen molar-refractivity contribution >= 4 is 17.5 Å². The molecule has 7 heteroatoms. The summed E-state index contributed by atoms with van der Waals surface area (Å²) >= 11 is 0. The van der Waals surface area contributed by atoms with E-state index in [4.69, 9.17) is 4.74 Å². The van der Waals surface area contributed by atoms with Gasteiger partial charge < -0.3 is 4.74 Å². The summed E-state index contributed by atoms with van der Waals surface area (Å²) < 4.78 is 6.75. The molecular weight excluding hydrogens is 332 g/mol. The Hall–Kier alpha value is -3.09. The van der Waals surface area contributed by atoms with Gasteiger partial charge in [0, 0.05) is 17.5 Å². The van der Waals surface area contributed by atoms with Crippen LogP contribution < -0.4 is 0 Å². The number of fused-ring (bicyclic) bond motifs is 2. The normalized spacial score (nSPS) is 14.2. The van der Waals surface area contributed by atoms with Gasteiger partial charge in [0.15, 0.2) is 6.10 Å². The van der Waals surface area contributed by atoms with Crippen molar-refractivity contribution in [2.45, 2.75) is 39.2 Å². The van der Waals surface area contributed by atoms with E-state index in [1.54, 1.807) is 25.3 Å². The number of ketones is 1. The summed E-state index contributed by atoms with van der Waals surface area (Å²) in [6.07, 6.45) is 3.84. The van der Waals surface area contributed by atoms with Crippen LogP contribution in [-0.2, 0) is 17.6 Å². The van der Waals surface area contributed by atoms with E-state index in [0.29, 0.717) is 11.3 Å². The number of hydrogen-bond donors (Lipinski definition) is 0. The Labute approximate surface area is 150 Å². The summed E-state index contributed by atoms with van der Waals surface area (Å²) in [6.45, 7) is 3.39. The minimum atomic E-state index is -0.914. The summed E-state index contributed by atoms with van der Waals surface area (Å²) in [5.74, 6) is -0.766. The van der Waals surface area contributed by atoms with Crippen molar-refractivity contribution in [3.05, 3.63) is 58.7 Å². The van der Waals surface area contributed by atoms with Crippen molar-refractivity contribution in [3.63, 3.8) is 0 Å². The molecule has 1 aromatic carbocycles. The number of Topliss-reactive ketones (excluding diaryl/α,β-unsaturated/α-hetero) is 1. The Morgan fingerprint density at radius 3 is 2.81 bits per heavy atom. The molecular formula is C19H18N4O3. The van der Waals surface area contributed by atoms with Gasteiger partial charge in [0.2, 0.25) is 5.78 Å². The van der Waals surface area contributed by atoms with Crippen molar-refractivity contribution in [3.8, 4) is 0 Å². The van der Waals surface area contributed by atoms with Crippen LogP contribution in [0.25, 0.3) is 5.78 Å². The first kappa shape index (κ1) is 16.4. The first-order valence-electron chi connectivity index (χ1n) is 8.58. The number of carbonyl (C=O) groups is 2. The van der Waals surface area contributed by atoms with Gasteiger partial charge in [0.05, 0.1) is 0 Å². The number of aryl methyl sites for hydroxylation is 3. The number of carbonyl (C=O) groups excluding carboxylic acids is 2. The molecule has 0 N–H and O–H groups in total. The molecule has 7 nitrogen and oxygen atoms in total. The maximum atomic E-state index is 12.6. The second-order valence-corrected chi connectivity index (χ2v) is 6.48. The summed E-state index contributed by atoms with van der Waals surface area (Å²) in [6, 6.07) is 7.46. The molecule has 1 atom stereocenters. The van der Waals surface area contributed by atoms with Crippen molar-refractivity contribution in [1.29, 1.82) is 0 Å². The van der Waals surface area contributed by atoms with Crippen LogP contribution in [0.15, 0.2) is 30.5 Å². The lowest BCUT2D eigenvalue weighted by Gasteiger charge is -2.12. The minimum absolute atomic E-state index is 0.111. The van der Waals surface area contributed by atoms with Gasteiger partial charge >= 0.3 is 5.97 Å². The molecule has 0 aliphatic heterocycles. The number of rotatable bonds is 4. The fourth-order valence-electron chi connectivity index (χ4n) is 3.22. The first-order valence-corrected chi connectivity index (χ1v) is 8.58. The van der Waals surface area contributed by atoms with Gasteiger partial charge in [-0.25, -0.2) is 14.3 Å². The highest BCUT2D eigenvalue weighted by atomic mass is 16.5. The van der Waals surface area contributed by atoms with E-state index in [1.807, 2.05) is 19.1 Å². The fraction of sp³-hybridized carbons (Fsp3) is 0.316. The summed E-state index contributed by atoms with van der Waals surface area (Å²) in [5.41, 5.74) is 3.86. The van der Waals surface area contributed by atoms with Gasteiger partial charge in [-0.2, -0.15) is 4.98 Å². The van der Waals surface area contributed by atoms with Crippen molar-refractivity contribution in [1.82, 2.24) is 19.6 Å². The summed E-state index contributed by atoms with van der Waals surface area (Å²) in [4.78, 5) is 33.0. The van der Waals surface area contributed by atoms with Crippen LogP contribution >= 0.6 is 0 Å². The lowest BCUT2D eigenvalue weighted by atomic mass is 10.0. The molecule has 0 spiro atoms. The number of esters is 1. The highest BCUT2D eigenvalue weighted by Crippen LogP contribution is 2.23. The van der Waals surface area contributed by atoms with Crippen LogP contribution in [0.4, 0.5) is 0 Å². The second kappa shape index (κ2) is 6.33. The highest BCUT2D eigenvalue weighted by Gasteiger charge is 2.24. The zero-order chi connectivity index (χ0) is 18.3. The molecule has 26 heavy (non-hydrogen) atoms. The van der Waals surface area contributed by atoms with Gasteiger partial charge in [-0.05, 0) is 56.4 Å². The number of hydrogen-bond acceptors (Lipinski definition) is 6. The second-order valence-electron chi connectivity index (χ2n) is 6.48. The van der Waals surface area contributed by atoms with Crippen LogP contribution in [-0.4, -0.2) is 37.4 Å². The third kappa shape index (κ3) is 2.85. The predicted molar refractivity (Wildman–Crippen MR) is 93.2 cm³/mol. The van der Waals surface area contributed by atoms with E-state index in [2.05, 4.69) is 15.1 Å². The SMILES string of the molecule is Cc1ccnc2nc(C(=O)OC(C)C(=O)c3ccc4c(c3)CCC4)nn12. The van der Waals surface area contributed by atoms with Crippen LogP contribution in [0.5, 0.6) is 0 Å². The van der Waals surface area contributed by atoms with Crippen LogP contribution in [0.3, 0.4) is 0 Å². The average Bonchev–Trinajstić information content (AvgIpc) is 3.27. The van der Waals surface area contributed by atoms with Crippen molar-refractivity contribution in [2.24, 2.45) is 0 Å². The molecule has 3 aromatic rings.